The summed E-state index contributed by atoms with van der Waals surface area (Å²) in [6.07, 6.45) is -0.828. The SMILES string of the molecule is c1ccc(C2=NC3Oc4c(c5ccccc5c5ccccc45)OC2(c2ccccc2)O3)cc1. The van der Waals surface area contributed by atoms with E-state index in [-0.39, 0.29) is 0 Å². The Morgan fingerprint density at radius 3 is 1.79 bits per heavy atom. The first-order chi connectivity index (χ1) is 16.3. The lowest BCUT2D eigenvalue weighted by molar-refractivity contribution is -0.189. The fourth-order valence-electron chi connectivity index (χ4n) is 4.86. The van der Waals surface area contributed by atoms with Crippen LogP contribution < -0.4 is 9.47 Å². The number of ether oxygens (including phenoxy) is 3. The largest absolute Gasteiger partial charge is 0.447 e. The van der Waals surface area contributed by atoms with E-state index in [4.69, 9.17) is 19.2 Å². The van der Waals surface area contributed by atoms with Crippen LogP contribution >= 0.6 is 0 Å². The number of benzene rings is 5. The minimum absolute atomic E-state index is 0.656. The quantitative estimate of drug-likeness (QED) is 0.304. The Morgan fingerprint density at radius 1 is 0.576 bits per heavy atom. The maximum absolute atomic E-state index is 6.93. The van der Waals surface area contributed by atoms with E-state index in [1.165, 1.54) is 0 Å². The topological polar surface area (TPSA) is 40.0 Å². The molecule has 2 unspecified atom stereocenters. The highest BCUT2D eigenvalue weighted by Crippen LogP contribution is 2.51. The van der Waals surface area contributed by atoms with E-state index in [1.807, 2.05) is 84.9 Å². The second kappa shape index (κ2) is 6.92. The fraction of sp³-hybridized carbons (Fsp3) is 0.0690. The number of nitrogens with zero attached hydrogens (tertiary/aromatic N) is 1. The van der Waals surface area contributed by atoms with Gasteiger partial charge in [0.25, 0.3) is 5.79 Å². The third-order valence-electron chi connectivity index (χ3n) is 6.32. The summed E-state index contributed by atoms with van der Waals surface area (Å²) in [4.78, 5) is 4.86. The first-order valence-electron chi connectivity index (χ1n) is 11.0. The van der Waals surface area contributed by atoms with Crippen LogP contribution in [0.15, 0.2) is 114 Å². The van der Waals surface area contributed by atoms with Gasteiger partial charge in [0.05, 0.1) is 0 Å². The molecule has 0 saturated carbocycles. The molecule has 2 aliphatic rings. The number of hydrogen-bond acceptors (Lipinski definition) is 4. The van der Waals surface area contributed by atoms with Gasteiger partial charge >= 0.3 is 6.41 Å². The average molecular weight is 429 g/mol. The monoisotopic (exact) mass is 429 g/mol. The van der Waals surface area contributed by atoms with Gasteiger partial charge in [0.1, 0.15) is 5.71 Å². The van der Waals surface area contributed by atoms with Crippen LogP contribution in [0.1, 0.15) is 11.1 Å². The Morgan fingerprint density at radius 2 is 1.12 bits per heavy atom. The van der Waals surface area contributed by atoms with Gasteiger partial charge in [0.15, 0.2) is 11.5 Å². The van der Waals surface area contributed by atoms with E-state index in [0.717, 1.165) is 32.7 Å². The van der Waals surface area contributed by atoms with Crippen LogP contribution in [0.3, 0.4) is 0 Å². The van der Waals surface area contributed by atoms with Crippen molar-refractivity contribution in [2.75, 3.05) is 0 Å². The van der Waals surface area contributed by atoms with Gasteiger partial charge in [-0.15, -0.1) is 0 Å². The van der Waals surface area contributed by atoms with Gasteiger partial charge in [-0.25, -0.2) is 4.99 Å². The Labute approximate surface area is 190 Å². The van der Waals surface area contributed by atoms with Gasteiger partial charge in [-0.2, -0.15) is 0 Å². The lowest BCUT2D eigenvalue weighted by atomic mass is 9.94. The summed E-state index contributed by atoms with van der Waals surface area (Å²) in [5.41, 5.74) is 2.49. The van der Waals surface area contributed by atoms with Crippen molar-refractivity contribution >= 4 is 27.3 Å². The van der Waals surface area contributed by atoms with Crippen LogP contribution in [-0.2, 0) is 10.5 Å². The lowest BCUT2D eigenvalue weighted by Crippen LogP contribution is -2.41. The molecule has 0 fully saturated rings. The molecular weight excluding hydrogens is 410 g/mol. The third kappa shape index (κ3) is 2.65. The minimum atomic E-state index is -1.23. The van der Waals surface area contributed by atoms with E-state index in [0.29, 0.717) is 17.2 Å². The number of aliphatic imine (C=N–C) groups is 1. The molecule has 2 heterocycles. The van der Waals surface area contributed by atoms with Crippen LogP contribution in [0.25, 0.3) is 21.5 Å². The van der Waals surface area contributed by atoms with Crippen molar-refractivity contribution in [2.45, 2.75) is 12.2 Å². The highest BCUT2D eigenvalue weighted by Gasteiger charge is 2.53. The van der Waals surface area contributed by atoms with Gasteiger partial charge in [0, 0.05) is 21.9 Å². The van der Waals surface area contributed by atoms with Crippen LogP contribution in [0.5, 0.6) is 11.5 Å². The molecule has 0 amide bonds. The van der Waals surface area contributed by atoms with E-state index in [9.17, 15) is 0 Å². The molecule has 2 atom stereocenters. The molecule has 0 aromatic heterocycles. The normalized spacial score (nSPS) is 21.1. The Hall–Kier alpha value is -4.15. The molecule has 0 saturated heterocycles. The van der Waals surface area contributed by atoms with Gasteiger partial charge in [-0.1, -0.05) is 109 Å². The second-order valence-electron chi connectivity index (χ2n) is 8.22. The van der Waals surface area contributed by atoms with E-state index in [1.54, 1.807) is 0 Å². The maximum Gasteiger partial charge on any atom is 0.305 e. The molecule has 0 radical (unpaired) electrons. The molecule has 0 spiro atoms. The number of fused-ring (bicyclic) bond motifs is 8. The van der Waals surface area contributed by atoms with Crippen molar-refractivity contribution in [3.05, 3.63) is 120 Å². The van der Waals surface area contributed by atoms with Crippen molar-refractivity contribution in [3.63, 3.8) is 0 Å². The summed E-state index contributed by atoms with van der Waals surface area (Å²) in [5.74, 6) is 0.0889. The zero-order chi connectivity index (χ0) is 21.8. The first-order valence-corrected chi connectivity index (χ1v) is 11.0. The second-order valence-corrected chi connectivity index (χ2v) is 8.22. The van der Waals surface area contributed by atoms with Crippen LogP contribution in [0.2, 0.25) is 0 Å². The van der Waals surface area contributed by atoms with Crippen LogP contribution in [-0.4, -0.2) is 12.1 Å². The van der Waals surface area contributed by atoms with Gasteiger partial charge in [-0.3, -0.25) is 4.74 Å². The molecule has 5 aromatic rings. The van der Waals surface area contributed by atoms with Crippen LogP contribution in [0.4, 0.5) is 0 Å². The maximum atomic E-state index is 6.93. The first kappa shape index (κ1) is 18.4. The zero-order valence-electron chi connectivity index (χ0n) is 17.6. The Balaban J connectivity index is 1.55. The van der Waals surface area contributed by atoms with E-state index < -0.39 is 12.2 Å². The molecule has 0 aliphatic carbocycles. The molecule has 0 N–H and O–H groups in total. The van der Waals surface area contributed by atoms with Crippen LogP contribution in [0, 0.1) is 0 Å². The highest BCUT2D eigenvalue weighted by atomic mass is 16.8. The molecular formula is C29H19NO3. The van der Waals surface area contributed by atoms with Gasteiger partial charge in [0.2, 0.25) is 0 Å². The summed E-state index contributed by atoms with van der Waals surface area (Å²) in [7, 11) is 0. The number of rotatable bonds is 2. The van der Waals surface area contributed by atoms with Crippen molar-refractivity contribution in [3.8, 4) is 11.5 Å². The predicted molar refractivity (Wildman–Crippen MR) is 129 cm³/mol. The number of hydrogen-bond donors (Lipinski definition) is 0. The van der Waals surface area contributed by atoms with E-state index >= 15 is 0 Å². The predicted octanol–water partition coefficient (Wildman–Crippen LogP) is 6.42. The summed E-state index contributed by atoms with van der Waals surface area (Å²) >= 11 is 0. The molecule has 4 nitrogen and oxygen atoms in total. The lowest BCUT2D eigenvalue weighted by Gasteiger charge is -2.30. The van der Waals surface area contributed by atoms with Crippen molar-refractivity contribution in [1.29, 1.82) is 0 Å². The van der Waals surface area contributed by atoms with Gasteiger partial charge in [-0.05, 0) is 10.8 Å². The average Bonchev–Trinajstić information content (AvgIpc) is 3.15. The van der Waals surface area contributed by atoms with Crippen molar-refractivity contribution < 1.29 is 14.2 Å². The summed E-state index contributed by atoms with van der Waals surface area (Å²) < 4.78 is 19.9. The summed E-state index contributed by atoms with van der Waals surface area (Å²) in [5, 5.41) is 4.16. The highest BCUT2D eigenvalue weighted by molar-refractivity contribution is 6.14. The zero-order valence-corrected chi connectivity index (χ0v) is 17.6. The Kier molecular flexibility index (Phi) is 3.87. The molecule has 5 aromatic carbocycles. The minimum Gasteiger partial charge on any atom is -0.447 e. The standard InChI is InChI=1S/C29H19NO3/c1-3-11-19(12-4-1)27-29(20-13-5-2-6-14-20)32-26-24-18-10-8-16-22(24)21-15-7-9-17-23(21)25(26)31-28(30-27)33-29/h1-18,28H. The van der Waals surface area contributed by atoms with Crippen molar-refractivity contribution in [2.24, 2.45) is 4.99 Å². The molecule has 2 aliphatic heterocycles. The smallest absolute Gasteiger partial charge is 0.305 e. The van der Waals surface area contributed by atoms with E-state index in [2.05, 4.69) is 24.3 Å². The fourth-order valence-corrected chi connectivity index (χ4v) is 4.86. The molecule has 2 bridgehead atoms. The Bertz CT molecular complexity index is 1550. The summed E-state index contributed by atoms with van der Waals surface area (Å²) in [6.45, 7) is 0. The molecule has 7 rings (SSSR count). The summed E-state index contributed by atoms with van der Waals surface area (Å²) in [6, 6.07) is 36.4. The van der Waals surface area contributed by atoms with Gasteiger partial charge < -0.3 is 9.47 Å². The van der Waals surface area contributed by atoms with Crippen molar-refractivity contribution in [1.82, 2.24) is 0 Å². The molecule has 158 valence electrons. The third-order valence-corrected chi connectivity index (χ3v) is 6.32. The molecule has 33 heavy (non-hydrogen) atoms. The molecule has 4 heteroatoms.